The third-order valence-corrected chi connectivity index (χ3v) is 5.64. The zero-order chi connectivity index (χ0) is 19.5. The van der Waals surface area contributed by atoms with Crippen LogP contribution in [0, 0.1) is 10.1 Å². The van der Waals surface area contributed by atoms with Crippen molar-refractivity contribution in [2.24, 2.45) is 0 Å². The highest BCUT2D eigenvalue weighted by Crippen LogP contribution is 2.21. The van der Waals surface area contributed by atoms with Gasteiger partial charge >= 0.3 is 0 Å². The number of amides is 1. The van der Waals surface area contributed by atoms with E-state index in [9.17, 15) is 14.9 Å². The zero-order valence-electron chi connectivity index (χ0n) is 15.8. The number of anilines is 1. The molecule has 0 N–H and O–H groups in total. The molecule has 0 saturated carbocycles. The van der Waals surface area contributed by atoms with Gasteiger partial charge in [-0.3, -0.25) is 19.8 Å². The summed E-state index contributed by atoms with van der Waals surface area (Å²) in [4.78, 5) is 29.5. The summed E-state index contributed by atoms with van der Waals surface area (Å²) < 4.78 is 0. The fourth-order valence-corrected chi connectivity index (χ4v) is 3.95. The van der Waals surface area contributed by atoms with Crippen LogP contribution in [-0.2, 0) is 17.8 Å². The highest BCUT2D eigenvalue weighted by atomic mass is 16.6. The number of hydrogen-bond acceptors (Lipinski definition) is 5. The van der Waals surface area contributed by atoms with Gasteiger partial charge in [-0.25, -0.2) is 0 Å². The standard InChI is InChI=1S/C21H24N4O3/c26-21(24-10-9-17-3-1-2-4-18(17)15-24)16-22-11-13-23(14-12-22)19-5-7-20(8-6-19)25(27)28/h1-8H,9-16H2. The van der Waals surface area contributed by atoms with Crippen molar-refractivity contribution in [2.45, 2.75) is 13.0 Å². The van der Waals surface area contributed by atoms with Crippen molar-refractivity contribution in [2.75, 3.05) is 44.2 Å². The second kappa shape index (κ2) is 7.98. The Bertz CT molecular complexity index is 860. The van der Waals surface area contributed by atoms with Gasteiger partial charge < -0.3 is 9.80 Å². The molecule has 0 aliphatic carbocycles. The van der Waals surface area contributed by atoms with Gasteiger partial charge in [0.1, 0.15) is 0 Å². The lowest BCUT2D eigenvalue weighted by atomic mass is 10.00. The highest BCUT2D eigenvalue weighted by Gasteiger charge is 2.24. The van der Waals surface area contributed by atoms with Crippen molar-refractivity contribution in [3.63, 3.8) is 0 Å². The monoisotopic (exact) mass is 380 g/mol. The molecule has 2 aliphatic rings. The number of nitrogens with zero attached hydrogens (tertiary/aromatic N) is 4. The molecule has 1 amide bonds. The second-order valence-electron chi connectivity index (χ2n) is 7.37. The van der Waals surface area contributed by atoms with Crippen LogP contribution in [0.4, 0.5) is 11.4 Å². The quantitative estimate of drug-likeness (QED) is 0.601. The third kappa shape index (κ3) is 3.99. The maximum Gasteiger partial charge on any atom is 0.269 e. The Morgan fingerprint density at radius 2 is 1.61 bits per heavy atom. The minimum atomic E-state index is -0.383. The molecule has 0 aromatic heterocycles. The van der Waals surface area contributed by atoms with E-state index in [1.165, 1.54) is 11.1 Å². The van der Waals surface area contributed by atoms with Crippen molar-refractivity contribution < 1.29 is 9.72 Å². The lowest BCUT2D eigenvalue weighted by molar-refractivity contribution is -0.384. The van der Waals surface area contributed by atoms with Crippen LogP contribution in [0.2, 0.25) is 0 Å². The van der Waals surface area contributed by atoms with Crippen LogP contribution in [0.3, 0.4) is 0 Å². The van der Waals surface area contributed by atoms with E-state index in [1.807, 2.05) is 11.0 Å². The molecular weight excluding hydrogens is 356 g/mol. The van der Waals surface area contributed by atoms with Crippen LogP contribution in [0.15, 0.2) is 48.5 Å². The summed E-state index contributed by atoms with van der Waals surface area (Å²) in [6.45, 7) is 5.20. The van der Waals surface area contributed by atoms with Crippen LogP contribution in [-0.4, -0.2) is 59.9 Å². The number of rotatable bonds is 4. The average Bonchev–Trinajstić information content (AvgIpc) is 2.74. The molecule has 2 heterocycles. The van der Waals surface area contributed by atoms with Gasteiger partial charge in [-0.15, -0.1) is 0 Å². The van der Waals surface area contributed by atoms with E-state index in [0.717, 1.165) is 44.8 Å². The van der Waals surface area contributed by atoms with Gasteiger partial charge in [0.15, 0.2) is 0 Å². The average molecular weight is 380 g/mol. The Morgan fingerprint density at radius 1 is 0.929 bits per heavy atom. The molecule has 2 aromatic rings. The number of non-ortho nitro benzene ring substituents is 1. The summed E-state index contributed by atoms with van der Waals surface area (Å²) in [5.74, 6) is 0.193. The number of benzene rings is 2. The Balaban J connectivity index is 1.28. The molecule has 2 aromatic carbocycles. The Morgan fingerprint density at radius 3 is 2.29 bits per heavy atom. The number of fused-ring (bicyclic) bond motifs is 1. The summed E-state index contributed by atoms with van der Waals surface area (Å²) >= 11 is 0. The van der Waals surface area contributed by atoms with Gasteiger partial charge in [0.25, 0.3) is 5.69 Å². The van der Waals surface area contributed by atoms with Gasteiger partial charge in [-0.2, -0.15) is 0 Å². The van der Waals surface area contributed by atoms with Gasteiger partial charge in [0, 0.05) is 57.1 Å². The van der Waals surface area contributed by atoms with Gasteiger partial charge in [-0.1, -0.05) is 24.3 Å². The predicted molar refractivity (Wildman–Crippen MR) is 107 cm³/mol. The number of nitro benzene ring substituents is 1. The molecule has 7 nitrogen and oxygen atoms in total. The molecule has 0 radical (unpaired) electrons. The Labute approximate surface area is 164 Å². The summed E-state index contributed by atoms with van der Waals surface area (Å²) in [5, 5.41) is 10.8. The smallest absolute Gasteiger partial charge is 0.269 e. The SMILES string of the molecule is O=C(CN1CCN(c2ccc([N+](=O)[O-])cc2)CC1)N1CCc2ccccc2C1. The molecule has 0 spiro atoms. The normalized spacial score (nSPS) is 17.3. The van der Waals surface area contributed by atoms with Gasteiger partial charge in [-0.05, 0) is 29.7 Å². The lowest BCUT2D eigenvalue weighted by Crippen LogP contribution is -2.50. The summed E-state index contributed by atoms with van der Waals surface area (Å²) in [6.07, 6.45) is 0.926. The maximum absolute atomic E-state index is 12.7. The van der Waals surface area contributed by atoms with Gasteiger partial charge in [0.05, 0.1) is 11.5 Å². The van der Waals surface area contributed by atoms with Crippen LogP contribution in [0.1, 0.15) is 11.1 Å². The molecule has 0 atom stereocenters. The summed E-state index contributed by atoms with van der Waals surface area (Å²) in [6, 6.07) is 15.0. The number of piperazine rings is 1. The van der Waals surface area contributed by atoms with Crippen molar-refractivity contribution in [3.8, 4) is 0 Å². The van der Waals surface area contributed by atoms with Crippen LogP contribution < -0.4 is 4.90 Å². The largest absolute Gasteiger partial charge is 0.369 e. The molecule has 4 rings (SSSR count). The van der Waals surface area contributed by atoms with E-state index in [2.05, 4.69) is 28.0 Å². The lowest BCUT2D eigenvalue weighted by Gasteiger charge is -2.37. The molecule has 1 fully saturated rings. The molecule has 7 heteroatoms. The van der Waals surface area contributed by atoms with E-state index in [4.69, 9.17) is 0 Å². The van der Waals surface area contributed by atoms with E-state index in [-0.39, 0.29) is 16.5 Å². The molecular formula is C21H24N4O3. The molecule has 146 valence electrons. The molecule has 1 saturated heterocycles. The third-order valence-electron chi connectivity index (χ3n) is 5.64. The van der Waals surface area contributed by atoms with Crippen LogP contribution in [0.25, 0.3) is 0 Å². The van der Waals surface area contributed by atoms with E-state index in [0.29, 0.717) is 13.1 Å². The molecule has 0 bridgehead atoms. The predicted octanol–water partition coefficient (Wildman–Crippen LogP) is 2.30. The number of carbonyl (C=O) groups is 1. The first-order valence-corrected chi connectivity index (χ1v) is 9.66. The number of hydrogen-bond donors (Lipinski definition) is 0. The van der Waals surface area contributed by atoms with Gasteiger partial charge in [0.2, 0.25) is 5.91 Å². The minimum Gasteiger partial charge on any atom is -0.369 e. The first kappa shape index (κ1) is 18.4. The first-order chi connectivity index (χ1) is 13.6. The summed E-state index contributed by atoms with van der Waals surface area (Å²) in [5.41, 5.74) is 3.70. The molecule has 28 heavy (non-hydrogen) atoms. The topological polar surface area (TPSA) is 69.9 Å². The zero-order valence-corrected chi connectivity index (χ0v) is 15.8. The number of carbonyl (C=O) groups excluding carboxylic acids is 1. The van der Waals surface area contributed by atoms with E-state index in [1.54, 1.807) is 24.3 Å². The van der Waals surface area contributed by atoms with E-state index >= 15 is 0 Å². The fourth-order valence-electron chi connectivity index (χ4n) is 3.95. The van der Waals surface area contributed by atoms with Crippen molar-refractivity contribution in [1.29, 1.82) is 0 Å². The van der Waals surface area contributed by atoms with Crippen LogP contribution in [0.5, 0.6) is 0 Å². The van der Waals surface area contributed by atoms with Crippen LogP contribution >= 0.6 is 0 Å². The van der Waals surface area contributed by atoms with Crippen molar-refractivity contribution in [1.82, 2.24) is 9.80 Å². The molecule has 2 aliphatic heterocycles. The second-order valence-corrected chi connectivity index (χ2v) is 7.37. The number of nitro groups is 1. The minimum absolute atomic E-state index is 0.107. The van der Waals surface area contributed by atoms with E-state index < -0.39 is 0 Å². The molecule has 0 unspecified atom stereocenters. The highest BCUT2D eigenvalue weighted by molar-refractivity contribution is 5.78. The first-order valence-electron chi connectivity index (χ1n) is 9.66. The Kier molecular flexibility index (Phi) is 5.25. The maximum atomic E-state index is 12.7. The Hall–Kier alpha value is -2.93. The summed E-state index contributed by atoms with van der Waals surface area (Å²) in [7, 11) is 0. The van der Waals surface area contributed by atoms with Crippen molar-refractivity contribution >= 4 is 17.3 Å². The fraction of sp³-hybridized carbons (Fsp3) is 0.381. The van der Waals surface area contributed by atoms with Crippen molar-refractivity contribution in [3.05, 3.63) is 69.8 Å².